The molecule has 0 aromatic heterocycles. The topological polar surface area (TPSA) is 44.1 Å². The molecule has 1 rings (SSSR count). The first-order chi connectivity index (χ1) is 6.11. The van der Waals surface area contributed by atoms with Gasteiger partial charge in [0, 0.05) is 19.5 Å². The molecule has 72 valence electrons. The van der Waals surface area contributed by atoms with Gasteiger partial charge in [0.1, 0.15) is 0 Å². The highest BCUT2D eigenvalue weighted by Gasteiger charge is 2.32. The zero-order valence-corrected chi connectivity index (χ0v) is 8.34. The maximum atomic E-state index is 11.4. The Labute approximate surface area is 79.3 Å². The summed E-state index contributed by atoms with van der Waals surface area (Å²) in [5.74, 6) is 0.168. The first kappa shape index (κ1) is 10.0. The molecule has 1 unspecified atom stereocenters. The Balaban J connectivity index is 2.62. The van der Waals surface area contributed by atoms with Crippen LogP contribution in [0.5, 0.6) is 0 Å². The van der Waals surface area contributed by atoms with Gasteiger partial charge in [0.25, 0.3) is 0 Å². The van der Waals surface area contributed by atoms with Gasteiger partial charge in [0.2, 0.25) is 5.91 Å². The molecule has 1 aliphatic rings. The molecule has 3 heteroatoms. The third-order valence-electron chi connectivity index (χ3n) is 2.62. The molecule has 1 aliphatic heterocycles. The van der Waals surface area contributed by atoms with Gasteiger partial charge < -0.3 is 4.90 Å². The standard InChI is InChI=1S/C10H16N2O/c1-3-9(13)12-6-4-5-10(2,7-11)8-12/h3-6,8H2,1-2H3. The van der Waals surface area contributed by atoms with E-state index in [2.05, 4.69) is 6.07 Å². The average Bonchev–Trinajstić information content (AvgIpc) is 2.17. The Kier molecular flexibility index (Phi) is 2.92. The lowest BCUT2D eigenvalue weighted by molar-refractivity contribution is -0.133. The van der Waals surface area contributed by atoms with E-state index in [1.54, 1.807) is 0 Å². The summed E-state index contributed by atoms with van der Waals surface area (Å²) in [6, 6.07) is 2.30. The van der Waals surface area contributed by atoms with Crippen LogP contribution in [0.25, 0.3) is 0 Å². The van der Waals surface area contributed by atoms with Crippen LogP contribution in [0.1, 0.15) is 33.1 Å². The Hall–Kier alpha value is -1.04. The molecule has 0 saturated carbocycles. The number of carbonyl (C=O) groups is 1. The predicted molar refractivity (Wildman–Crippen MR) is 49.8 cm³/mol. The molecule has 0 N–H and O–H groups in total. The maximum Gasteiger partial charge on any atom is 0.222 e. The molecule has 0 aliphatic carbocycles. The lowest BCUT2D eigenvalue weighted by Crippen LogP contribution is -2.43. The Morgan fingerprint density at radius 1 is 1.69 bits per heavy atom. The summed E-state index contributed by atoms with van der Waals surface area (Å²) in [4.78, 5) is 13.2. The lowest BCUT2D eigenvalue weighted by Gasteiger charge is -2.35. The molecule has 1 amide bonds. The van der Waals surface area contributed by atoms with Crippen LogP contribution >= 0.6 is 0 Å². The summed E-state index contributed by atoms with van der Waals surface area (Å²) in [7, 11) is 0. The lowest BCUT2D eigenvalue weighted by atomic mass is 9.83. The molecule has 1 atom stereocenters. The summed E-state index contributed by atoms with van der Waals surface area (Å²) < 4.78 is 0. The van der Waals surface area contributed by atoms with E-state index in [9.17, 15) is 4.79 Å². The van der Waals surface area contributed by atoms with Crippen molar-refractivity contribution in [3.63, 3.8) is 0 Å². The fourth-order valence-corrected chi connectivity index (χ4v) is 1.77. The number of nitrogens with zero attached hydrogens (tertiary/aromatic N) is 2. The van der Waals surface area contributed by atoms with Crippen molar-refractivity contribution >= 4 is 5.91 Å². The Morgan fingerprint density at radius 2 is 2.38 bits per heavy atom. The molecule has 1 saturated heterocycles. The number of rotatable bonds is 1. The second-order valence-electron chi connectivity index (χ2n) is 3.94. The van der Waals surface area contributed by atoms with Gasteiger partial charge in [-0.1, -0.05) is 6.92 Å². The van der Waals surface area contributed by atoms with Crippen LogP contribution in [0.2, 0.25) is 0 Å². The normalized spacial score (nSPS) is 28.2. The summed E-state index contributed by atoms with van der Waals surface area (Å²) in [5, 5.41) is 8.93. The molecular formula is C10H16N2O. The van der Waals surface area contributed by atoms with Crippen molar-refractivity contribution in [1.29, 1.82) is 5.26 Å². The highest BCUT2D eigenvalue weighted by atomic mass is 16.2. The highest BCUT2D eigenvalue weighted by Crippen LogP contribution is 2.28. The van der Waals surface area contributed by atoms with Gasteiger partial charge in [0.15, 0.2) is 0 Å². The van der Waals surface area contributed by atoms with E-state index in [1.165, 1.54) is 0 Å². The zero-order valence-electron chi connectivity index (χ0n) is 8.34. The first-order valence-corrected chi connectivity index (χ1v) is 4.80. The van der Waals surface area contributed by atoms with E-state index < -0.39 is 0 Å². The summed E-state index contributed by atoms with van der Waals surface area (Å²) >= 11 is 0. The number of carbonyl (C=O) groups excluding carboxylic acids is 1. The summed E-state index contributed by atoms with van der Waals surface area (Å²) in [6.45, 7) is 5.23. The number of hydrogen-bond donors (Lipinski definition) is 0. The number of hydrogen-bond acceptors (Lipinski definition) is 2. The van der Waals surface area contributed by atoms with Crippen LogP contribution in [0.3, 0.4) is 0 Å². The van der Waals surface area contributed by atoms with Gasteiger partial charge in [-0.25, -0.2) is 0 Å². The van der Waals surface area contributed by atoms with Gasteiger partial charge in [-0.05, 0) is 19.8 Å². The number of nitriles is 1. The summed E-state index contributed by atoms with van der Waals surface area (Å²) in [5.41, 5.74) is -0.316. The van der Waals surface area contributed by atoms with Gasteiger partial charge in [-0.3, -0.25) is 4.79 Å². The first-order valence-electron chi connectivity index (χ1n) is 4.80. The van der Waals surface area contributed by atoms with E-state index in [0.29, 0.717) is 13.0 Å². The maximum absolute atomic E-state index is 11.4. The van der Waals surface area contributed by atoms with Crippen LogP contribution in [-0.4, -0.2) is 23.9 Å². The SMILES string of the molecule is CCC(=O)N1CCCC(C)(C#N)C1. The number of piperidine rings is 1. The fraction of sp³-hybridized carbons (Fsp3) is 0.800. The van der Waals surface area contributed by atoms with E-state index in [-0.39, 0.29) is 11.3 Å². The van der Waals surface area contributed by atoms with E-state index >= 15 is 0 Å². The minimum Gasteiger partial charge on any atom is -0.341 e. The van der Waals surface area contributed by atoms with E-state index in [0.717, 1.165) is 19.4 Å². The minimum atomic E-state index is -0.316. The van der Waals surface area contributed by atoms with Crippen molar-refractivity contribution in [3.8, 4) is 6.07 Å². The largest absolute Gasteiger partial charge is 0.341 e. The van der Waals surface area contributed by atoms with Gasteiger partial charge in [0.05, 0.1) is 11.5 Å². The predicted octanol–water partition coefficient (Wildman–Crippen LogP) is 1.55. The Bertz CT molecular complexity index is 244. The Morgan fingerprint density at radius 3 is 2.92 bits per heavy atom. The van der Waals surface area contributed by atoms with Gasteiger partial charge in [-0.2, -0.15) is 5.26 Å². The molecule has 0 aromatic carbocycles. The van der Waals surface area contributed by atoms with E-state index in [4.69, 9.17) is 5.26 Å². The van der Waals surface area contributed by atoms with Crippen molar-refractivity contribution in [2.24, 2.45) is 5.41 Å². The van der Waals surface area contributed by atoms with Crippen molar-refractivity contribution < 1.29 is 4.79 Å². The number of likely N-dealkylation sites (tertiary alicyclic amines) is 1. The molecule has 3 nitrogen and oxygen atoms in total. The molecule has 0 spiro atoms. The molecular weight excluding hydrogens is 164 g/mol. The van der Waals surface area contributed by atoms with Crippen molar-refractivity contribution in [2.45, 2.75) is 33.1 Å². The zero-order chi connectivity index (χ0) is 9.90. The van der Waals surface area contributed by atoms with Crippen LogP contribution in [0.15, 0.2) is 0 Å². The van der Waals surface area contributed by atoms with E-state index in [1.807, 2.05) is 18.7 Å². The molecule has 13 heavy (non-hydrogen) atoms. The third kappa shape index (κ3) is 2.21. The average molecular weight is 180 g/mol. The molecule has 0 radical (unpaired) electrons. The minimum absolute atomic E-state index is 0.168. The third-order valence-corrected chi connectivity index (χ3v) is 2.62. The second kappa shape index (κ2) is 3.78. The van der Waals surface area contributed by atoms with Crippen LogP contribution in [0.4, 0.5) is 0 Å². The monoisotopic (exact) mass is 180 g/mol. The van der Waals surface area contributed by atoms with Crippen LogP contribution < -0.4 is 0 Å². The van der Waals surface area contributed by atoms with Gasteiger partial charge >= 0.3 is 0 Å². The van der Waals surface area contributed by atoms with Crippen LogP contribution in [0, 0.1) is 16.7 Å². The van der Waals surface area contributed by atoms with Crippen LogP contribution in [-0.2, 0) is 4.79 Å². The van der Waals surface area contributed by atoms with Crippen molar-refractivity contribution in [3.05, 3.63) is 0 Å². The smallest absolute Gasteiger partial charge is 0.222 e. The van der Waals surface area contributed by atoms with Gasteiger partial charge in [-0.15, -0.1) is 0 Å². The molecule has 0 aromatic rings. The van der Waals surface area contributed by atoms with Crippen molar-refractivity contribution in [1.82, 2.24) is 4.90 Å². The highest BCUT2D eigenvalue weighted by molar-refractivity contribution is 5.76. The molecule has 1 heterocycles. The number of amides is 1. The molecule has 0 bridgehead atoms. The fourth-order valence-electron chi connectivity index (χ4n) is 1.77. The summed E-state index contributed by atoms with van der Waals surface area (Å²) in [6.07, 6.45) is 2.41. The molecule has 1 fully saturated rings. The van der Waals surface area contributed by atoms with Crippen molar-refractivity contribution in [2.75, 3.05) is 13.1 Å². The quantitative estimate of drug-likeness (QED) is 0.614. The second-order valence-corrected chi connectivity index (χ2v) is 3.94.